The Hall–Kier alpha value is 0.200. The van der Waals surface area contributed by atoms with Crippen molar-refractivity contribution >= 4 is 28.6 Å². The summed E-state index contributed by atoms with van der Waals surface area (Å²) in [4.78, 5) is 11.6. The van der Waals surface area contributed by atoms with Crippen LogP contribution in [0, 0.1) is 0 Å². The Balaban J connectivity index is 3.31. The molecule has 0 aromatic carbocycles. The lowest BCUT2D eigenvalue weighted by atomic mass is 10.0. The van der Waals surface area contributed by atoms with Gasteiger partial charge in [0.1, 0.15) is 10.0 Å². The van der Waals surface area contributed by atoms with E-state index in [0.29, 0.717) is 0 Å². The van der Waals surface area contributed by atoms with Crippen LogP contribution in [0.25, 0.3) is 0 Å². The molecule has 25 heavy (non-hydrogen) atoms. The van der Waals surface area contributed by atoms with E-state index in [0.717, 1.165) is 12.8 Å². The van der Waals surface area contributed by atoms with Crippen molar-refractivity contribution < 1.29 is 9.53 Å². The first-order valence-electron chi connectivity index (χ1n) is 11.0. The maximum Gasteiger partial charge on any atom is 0.318 e. The predicted octanol–water partition coefficient (Wildman–Crippen LogP) is 8.00. The monoisotopic (exact) mass is 466 g/mol. The molecular formula is C22H43IO2. The second kappa shape index (κ2) is 19.0. The van der Waals surface area contributed by atoms with Gasteiger partial charge in [-0.3, -0.25) is 4.79 Å². The Morgan fingerprint density at radius 1 is 0.760 bits per heavy atom. The van der Waals surface area contributed by atoms with Gasteiger partial charge in [0.05, 0.1) is 0 Å². The summed E-state index contributed by atoms with van der Waals surface area (Å²) in [5.41, 5.74) is 0. The molecule has 0 N–H and O–H groups in total. The van der Waals surface area contributed by atoms with Gasteiger partial charge in [0, 0.05) is 0 Å². The maximum absolute atomic E-state index is 11.6. The number of carbonyl (C=O) groups is 1. The molecule has 0 aromatic heterocycles. The zero-order valence-electron chi connectivity index (χ0n) is 17.2. The highest BCUT2D eigenvalue weighted by Crippen LogP contribution is 2.16. The van der Waals surface area contributed by atoms with Crippen molar-refractivity contribution in [3.63, 3.8) is 0 Å². The van der Waals surface area contributed by atoms with Gasteiger partial charge in [-0.1, -0.05) is 120 Å². The molecule has 2 atom stereocenters. The lowest BCUT2D eigenvalue weighted by Crippen LogP contribution is -2.22. The highest BCUT2D eigenvalue weighted by molar-refractivity contribution is 14.1. The van der Waals surface area contributed by atoms with Crippen LogP contribution in [0.5, 0.6) is 0 Å². The van der Waals surface area contributed by atoms with Crippen LogP contribution in [0.3, 0.4) is 0 Å². The van der Waals surface area contributed by atoms with E-state index < -0.39 is 0 Å². The zero-order valence-corrected chi connectivity index (χ0v) is 19.3. The smallest absolute Gasteiger partial charge is 0.318 e. The van der Waals surface area contributed by atoms with Crippen molar-refractivity contribution in [2.75, 3.05) is 0 Å². The molecule has 0 aromatic rings. The Morgan fingerprint density at radius 3 is 1.52 bits per heavy atom. The molecule has 0 amide bonds. The number of esters is 1. The lowest BCUT2D eigenvalue weighted by molar-refractivity contribution is -0.148. The topological polar surface area (TPSA) is 26.3 Å². The van der Waals surface area contributed by atoms with Gasteiger partial charge < -0.3 is 4.74 Å². The molecule has 0 saturated heterocycles. The number of carbonyl (C=O) groups excluding carboxylic acids is 1. The quantitative estimate of drug-likeness (QED) is 0.0885. The van der Waals surface area contributed by atoms with Gasteiger partial charge in [-0.05, 0) is 26.2 Å². The van der Waals surface area contributed by atoms with Gasteiger partial charge >= 0.3 is 5.97 Å². The van der Waals surface area contributed by atoms with Gasteiger partial charge in [0.2, 0.25) is 0 Å². The molecule has 0 rings (SSSR count). The van der Waals surface area contributed by atoms with Crippen molar-refractivity contribution in [2.24, 2.45) is 0 Å². The van der Waals surface area contributed by atoms with E-state index in [1.54, 1.807) is 0 Å². The van der Waals surface area contributed by atoms with Crippen molar-refractivity contribution in [3.8, 4) is 0 Å². The van der Waals surface area contributed by atoms with E-state index >= 15 is 0 Å². The van der Waals surface area contributed by atoms with Crippen LogP contribution in [0.4, 0.5) is 0 Å². The van der Waals surface area contributed by atoms with Gasteiger partial charge in [-0.15, -0.1) is 0 Å². The highest BCUT2D eigenvalue weighted by Gasteiger charge is 2.15. The van der Waals surface area contributed by atoms with Gasteiger partial charge in [-0.25, -0.2) is 0 Å². The molecule has 0 saturated carbocycles. The SMILES string of the molecule is CCCCCCCCCCCCCCCCC(CC)OC(=O)C(C)I. The number of alkyl halides is 1. The summed E-state index contributed by atoms with van der Waals surface area (Å²) in [7, 11) is 0. The van der Waals surface area contributed by atoms with Crippen LogP contribution < -0.4 is 0 Å². The highest BCUT2D eigenvalue weighted by atomic mass is 127. The van der Waals surface area contributed by atoms with E-state index in [9.17, 15) is 4.79 Å². The van der Waals surface area contributed by atoms with Gasteiger partial charge in [-0.2, -0.15) is 0 Å². The lowest BCUT2D eigenvalue weighted by Gasteiger charge is -2.17. The standard InChI is InChI=1S/C22H43IO2/c1-4-6-7-8-9-10-11-12-13-14-15-16-17-18-19-21(5-2)25-22(24)20(3)23/h20-21H,4-19H2,1-3H3. The Labute approximate surface area is 171 Å². The summed E-state index contributed by atoms with van der Waals surface area (Å²) in [6.45, 7) is 6.28. The van der Waals surface area contributed by atoms with Crippen molar-refractivity contribution in [3.05, 3.63) is 0 Å². The van der Waals surface area contributed by atoms with Crippen molar-refractivity contribution in [2.45, 2.75) is 134 Å². The van der Waals surface area contributed by atoms with Crippen LogP contribution in [0.2, 0.25) is 0 Å². The Morgan fingerprint density at radius 2 is 1.16 bits per heavy atom. The average molecular weight is 466 g/mol. The molecule has 0 aliphatic carbocycles. The molecule has 0 heterocycles. The third-order valence-electron chi connectivity index (χ3n) is 4.94. The molecule has 150 valence electrons. The summed E-state index contributed by atoms with van der Waals surface area (Å²) >= 11 is 2.12. The van der Waals surface area contributed by atoms with Crippen LogP contribution in [-0.2, 0) is 9.53 Å². The molecule has 0 bridgehead atoms. The third-order valence-corrected chi connectivity index (χ3v) is 5.45. The van der Waals surface area contributed by atoms with E-state index in [1.807, 2.05) is 6.92 Å². The summed E-state index contributed by atoms with van der Waals surface area (Å²) < 4.78 is 5.49. The molecule has 0 aliphatic rings. The fourth-order valence-electron chi connectivity index (χ4n) is 3.17. The minimum atomic E-state index is -0.0576. The maximum atomic E-state index is 11.6. The van der Waals surface area contributed by atoms with Crippen LogP contribution in [0.1, 0.15) is 124 Å². The fraction of sp³-hybridized carbons (Fsp3) is 0.955. The van der Waals surface area contributed by atoms with E-state index in [-0.39, 0.29) is 16.0 Å². The van der Waals surface area contributed by atoms with E-state index in [1.165, 1.54) is 89.9 Å². The first-order chi connectivity index (χ1) is 12.1. The first-order valence-corrected chi connectivity index (χ1v) is 12.2. The minimum Gasteiger partial charge on any atom is -0.462 e. The summed E-state index contributed by atoms with van der Waals surface area (Å²) in [5, 5.41) is 0. The molecule has 0 spiro atoms. The fourth-order valence-corrected chi connectivity index (χ4v) is 3.32. The number of unbranched alkanes of at least 4 members (excludes halogenated alkanes) is 13. The minimum absolute atomic E-state index is 0.0389. The summed E-state index contributed by atoms with van der Waals surface area (Å²) in [6, 6.07) is 0. The Bertz CT molecular complexity index is 292. The zero-order chi connectivity index (χ0) is 18.8. The van der Waals surface area contributed by atoms with Crippen LogP contribution in [0.15, 0.2) is 0 Å². The van der Waals surface area contributed by atoms with E-state index in [4.69, 9.17) is 4.74 Å². The number of hydrogen-bond donors (Lipinski definition) is 0. The number of ether oxygens (including phenoxy) is 1. The molecule has 3 heteroatoms. The molecule has 0 fully saturated rings. The number of rotatable bonds is 18. The third kappa shape index (κ3) is 17.4. The summed E-state index contributed by atoms with van der Waals surface area (Å²) in [5.74, 6) is -0.0576. The molecule has 0 aliphatic heterocycles. The molecular weight excluding hydrogens is 423 g/mol. The summed E-state index contributed by atoms with van der Waals surface area (Å²) in [6.07, 6.45) is 21.5. The van der Waals surface area contributed by atoms with Gasteiger partial charge in [0.25, 0.3) is 0 Å². The van der Waals surface area contributed by atoms with Crippen LogP contribution >= 0.6 is 22.6 Å². The van der Waals surface area contributed by atoms with Crippen molar-refractivity contribution in [1.29, 1.82) is 0 Å². The molecule has 2 unspecified atom stereocenters. The second-order valence-corrected chi connectivity index (χ2v) is 9.34. The molecule has 2 nitrogen and oxygen atoms in total. The molecule has 0 radical (unpaired) electrons. The number of halogens is 1. The predicted molar refractivity (Wildman–Crippen MR) is 119 cm³/mol. The number of hydrogen-bond acceptors (Lipinski definition) is 2. The van der Waals surface area contributed by atoms with Crippen molar-refractivity contribution in [1.82, 2.24) is 0 Å². The van der Waals surface area contributed by atoms with E-state index in [2.05, 4.69) is 36.4 Å². The Kier molecular flexibility index (Phi) is 19.1. The average Bonchev–Trinajstić information content (AvgIpc) is 2.60. The van der Waals surface area contributed by atoms with Gasteiger partial charge in [0.15, 0.2) is 0 Å². The largest absolute Gasteiger partial charge is 0.462 e. The second-order valence-electron chi connectivity index (χ2n) is 7.47. The normalized spacial score (nSPS) is 13.6. The first kappa shape index (κ1) is 25.2. The van der Waals surface area contributed by atoms with Crippen LogP contribution in [-0.4, -0.2) is 16.0 Å².